The number of urea groups is 1. The Labute approximate surface area is 111 Å². The van der Waals surface area contributed by atoms with Crippen LogP contribution in [-0.2, 0) is 9.53 Å². The van der Waals surface area contributed by atoms with E-state index in [9.17, 15) is 14.7 Å². The fourth-order valence-corrected chi connectivity index (χ4v) is 2.61. The summed E-state index contributed by atoms with van der Waals surface area (Å²) in [5.41, 5.74) is -0.368. The van der Waals surface area contributed by atoms with Gasteiger partial charge in [-0.05, 0) is 19.8 Å². The monoisotopic (exact) mass is 272 g/mol. The van der Waals surface area contributed by atoms with E-state index in [1.165, 1.54) is 4.90 Å². The first-order valence-electron chi connectivity index (χ1n) is 6.50. The van der Waals surface area contributed by atoms with Crippen molar-refractivity contribution in [2.45, 2.75) is 43.9 Å². The molecule has 0 bridgehead atoms. The van der Waals surface area contributed by atoms with Crippen LogP contribution in [0.4, 0.5) is 4.79 Å². The summed E-state index contributed by atoms with van der Waals surface area (Å²) in [5, 5.41) is 21.2. The number of carbonyl (C=O) groups is 2. The van der Waals surface area contributed by atoms with Crippen molar-refractivity contribution in [1.82, 2.24) is 10.2 Å². The summed E-state index contributed by atoms with van der Waals surface area (Å²) in [6, 6.07) is -1.41. The van der Waals surface area contributed by atoms with Crippen LogP contribution < -0.4 is 5.32 Å². The predicted molar refractivity (Wildman–Crippen MR) is 65.7 cm³/mol. The van der Waals surface area contributed by atoms with Crippen molar-refractivity contribution in [2.75, 3.05) is 19.7 Å². The molecule has 2 rings (SSSR count). The second kappa shape index (κ2) is 5.34. The number of ether oxygens (including phenoxy) is 1. The molecule has 0 aromatic heterocycles. The average Bonchev–Trinajstić information content (AvgIpc) is 2.93. The van der Waals surface area contributed by atoms with Crippen molar-refractivity contribution in [1.29, 1.82) is 0 Å². The first-order chi connectivity index (χ1) is 8.91. The van der Waals surface area contributed by atoms with Gasteiger partial charge in [0.05, 0.1) is 11.7 Å². The molecule has 108 valence electrons. The molecule has 0 aliphatic carbocycles. The van der Waals surface area contributed by atoms with E-state index in [1.807, 2.05) is 6.92 Å². The Bertz CT molecular complexity index is 367. The minimum atomic E-state index is -1.09. The number of carboxylic acids is 1. The molecule has 2 saturated heterocycles. The third-order valence-electron chi connectivity index (χ3n) is 3.74. The van der Waals surface area contributed by atoms with Gasteiger partial charge in [0.25, 0.3) is 0 Å². The quantitative estimate of drug-likeness (QED) is 0.660. The van der Waals surface area contributed by atoms with E-state index in [0.717, 1.165) is 12.8 Å². The average molecular weight is 272 g/mol. The summed E-state index contributed by atoms with van der Waals surface area (Å²) >= 11 is 0. The highest BCUT2D eigenvalue weighted by Crippen LogP contribution is 2.24. The van der Waals surface area contributed by atoms with Crippen LogP contribution in [0.15, 0.2) is 0 Å². The minimum Gasteiger partial charge on any atom is -0.480 e. The van der Waals surface area contributed by atoms with Crippen LogP contribution in [-0.4, -0.2) is 64.6 Å². The number of aliphatic hydroxyl groups is 1. The number of aliphatic hydroxyl groups excluding tert-OH is 1. The fourth-order valence-electron chi connectivity index (χ4n) is 2.61. The molecule has 0 spiro atoms. The Morgan fingerprint density at radius 2 is 2.26 bits per heavy atom. The van der Waals surface area contributed by atoms with Crippen LogP contribution in [0.3, 0.4) is 0 Å². The van der Waals surface area contributed by atoms with Crippen molar-refractivity contribution < 1.29 is 24.5 Å². The van der Waals surface area contributed by atoms with Gasteiger partial charge in [-0.2, -0.15) is 0 Å². The normalized spacial score (nSPS) is 34.5. The number of nitrogens with one attached hydrogen (secondary N) is 1. The zero-order valence-corrected chi connectivity index (χ0v) is 11.0. The van der Waals surface area contributed by atoms with E-state index in [1.54, 1.807) is 0 Å². The van der Waals surface area contributed by atoms with Gasteiger partial charge in [0.2, 0.25) is 0 Å². The summed E-state index contributed by atoms with van der Waals surface area (Å²) in [5.74, 6) is -1.09. The van der Waals surface area contributed by atoms with Gasteiger partial charge in [0.1, 0.15) is 6.04 Å². The van der Waals surface area contributed by atoms with Crippen molar-refractivity contribution in [3.63, 3.8) is 0 Å². The van der Waals surface area contributed by atoms with Gasteiger partial charge in [0.15, 0.2) is 0 Å². The molecular weight excluding hydrogens is 252 g/mol. The third-order valence-corrected chi connectivity index (χ3v) is 3.74. The lowest BCUT2D eigenvalue weighted by Gasteiger charge is -2.27. The Morgan fingerprint density at radius 1 is 1.53 bits per heavy atom. The van der Waals surface area contributed by atoms with Crippen molar-refractivity contribution in [2.24, 2.45) is 0 Å². The van der Waals surface area contributed by atoms with Gasteiger partial charge >= 0.3 is 12.0 Å². The number of β-amino-alcohol motifs (C(OH)–C–C–N with tert-alkyl or cyclic N) is 1. The molecule has 2 heterocycles. The largest absolute Gasteiger partial charge is 0.480 e. The van der Waals surface area contributed by atoms with E-state index in [4.69, 9.17) is 9.84 Å². The lowest BCUT2D eigenvalue weighted by atomic mass is 10.0. The highest BCUT2D eigenvalue weighted by Gasteiger charge is 2.39. The number of likely N-dealkylation sites (tertiary alicyclic amines) is 1. The summed E-state index contributed by atoms with van der Waals surface area (Å²) in [4.78, 5) is 24.2. The SMILES string of the molecule is CC1(CNC(=O)N2C[C@H](O)C[C@H]2C(=O)O)CCCO1. The molecule has 0 saturated carbocycles. The van der Waals surface area contributed by atoms with Crippen LogP contribution in [0, 0.1) is 0 Å². The molecule has 7 nitrogen and oxygen atoms in total. The van der Waals surface area contributed by atoms with Gasteiger partial charge < -0.3 is 25.2 Å². The van der Waals surface area contributed by atoms with Gasteiger partial charge in [-0.25, -0.2) is 9.59 Å². The Balaban J connectivity index is 1.90. The Kier molecular flexibility index (Phi) is 3.96. The number of nitrogens with zero attached hydrogens (tertiary/aromatic N) is 1. The molecule has 2 amide bonds. The van der Waals surface area contributed by atoms with Crippen molar-refractivity contribution in [3.05, 3.63) is 0 Å². The minimum absolute atomic E-state index is 0.0559. The highest BCUT2D eigenvalue weighted by molar-refractivity contribution is 5.83. The number of hydrogen-bond donors (Lipinski definition) is 3. The van der Waals surface area contributed by atoms with Crippen LogP contribution in [0.2, 0.25) is 0 Å². The van der Waals surface area contributed by atoms with Gasteiger partial charge in [-0.3, -0.25) is 0 Å². The number of hydrogen-bond acceptors (Lipinski definition) is 4. The molecule has 1 unspecified atom stereocenters. The molecule has 7 heteroatoms. The number of amides is 2. The Hall–Kier alpha value is -1.34. The predicted octanol–water partition coefficient (Wildman–Crippen LogP) is -0.215. The zero-order valence-electron chi connectivity index (χ0n) is 11.0. The van der Waals surface area contributed by atoms with Gasteiger partial charge in [-0.1, -0.05) is 0 Å². The lowest BCUT2D eigenvalue weighted by Crippen LogP contribution is -2.50. The molecule has 0 radical (unpaired) electrons. The summed E-state index contributed by atoms with van der Waals surface area (Å²) in [6.07, 6.45) is 1.14. The maximum atomic E-state index is 12.0. The van der Waals surface area contributed by atoms with E-state index in [-0.39, 0.29) is 18.6 Å². The van der Waals surface area contributed by atoms with E-state index >= 15 is 0 Å². The molecule has 0 aromatic rings. The molecule has 0 aromatic carbocycles. The van der Waals surface area contributed by atoms with Crippen molar-refractivity contribution in [3.8, 4) is 0 Å². The van der Waals surface area contributed by atoms with Crippen LogP contribution in [0.5, 0.6) is 0 Å². The van der Waals surface area contributed by atoms with Crippen LogP contribution >= 0.6 is 0 Å². The topological polar surface area (TPSA) is 99.1 Å². The number of carboxylic acid groups (broad SMARTS) is 1. The maximum Gasteiger partial charge on any atom is 0.326 e. The molecule has 2 fully saturated rings. The second-order valence-corrected chi connectivity index (χ2v) is 5.46. The second-order valence-electron chi connectivity index (χ2n) is 5.46. The van der Waals surface area contributed by atoms with Crippen molar-refractivity contribution >= 4 is 12.0 Å². The summed E-state index contributed by atoms with van der Waals surface area (Å²) < 4.78 is 5.55. The number of rotatable bonds is 3. The summed E-state index contributed by atoms with van der Waals surface area (Å²) in [6.45, 7) is 3.02. The number of aliphatic carboxylic acids is 1. The standard InChI is InChI=1S/C12H20N2O5/c1-12(3-2-4-19-12)7-13-11(18)14-6-8(15)5-9(14)10(16)17/h8-9,15H,2-7H2,1H3,(H,13,18)(H,16,17)/t8-,9+,12?/m1/s1. The highest BCUT2D eigenvalue weighted by atomic mass is 16.5. The lowest BCUT2D eigenvalue weighted by molar-refractivity contribution is -0.141. The maximum absolute atomic E-state index is 12.0. The first-order valence-corrected chi connectivity index (χ1v) is 6.50. The van der Waals surface area contributed by atoms with Crippen LogP contribution in [0.25, 0.3) is 0 Å². The van der Waals surface area contributed by atoms with E-state index < -0.39 is 24.1 Å². The number of carbonyl (C=O) groups excluding carboxylic acids is 1. The molecule has 2 aliphatic rings. The van der Waals surface area contributed by atoms with Gasteiger partial charge in [-0.15, -0.1) is 0 Å². The smallest absolute Gasteiger partial charge is 0.326 e. The van der Waals surface area contributed by atoms with Gasteiger partial charge in [0, 0.05) is 26.1 Å². The summed E-state index contributed by atoms with van der Waals surface area (Å²) in [7, 11) is 0. The molecule has 3 atom stereocenters. The zero-order chi connectivity index (χ0) is 14.0. The van der Waals surface area contributed by atoms with E-state index in [0.29, 0.717) is 13.2 Å². The van der Waals surface area contributed by atoms with Crippen LogP contribution in [0.1, 0.15) is 26.2 Å². The molecular formula is C12H20N2O5. The molecule has 3 N–H and O–H groups in total. The van der Waals surface area contributed by atoms with E-state index in [2.05, 4.69) is 5.32 Å². The Morgan fingerprint density at radius 3 is 2.84 bits per heavy atom. The molecule has 2 aliphatic heterocycles. The third kappa shape index (κ3) is 3.16. The molecule has 19 heavy (non-hydrogen) atoms. The fraction of sp³-hybridized carbons (Fsp3) is 0.833. The first kappa shape index (κ1) is 14.1.